The maximum Gasteiger partial charge on any atom is 0.411 e. The van der Waals surface area contributed by atoms with Gasteiger partial charge in [0.05, 0.1) is 18.0 Å². The zero-order chi connectivity index (χ0) is 17.1. The van der Waals surface area contributed by atoms with Crippen molar-refractivity contribution < 1.29 is 14.3 Å². The summed E-state index contributed by atoms with van der Waals surface area (Å²) in [6.07, 6.45) is 3.29. The van der Waals surface area contributed by atoms with Gasteiger partial charge in [0.15, 0.2) is 0 Å². The molecule has 0 spiro atoms. The number of para-hydroxylation sites is 1. The number of anilines is 3. The molecule has 0 aliphatic carbocycles. The fraction of sp³-hybridized carbons (Fsp3) is 0.111. The Bertz CT molecular complexity index is 830. The van der Waals surface area contributed by atoms with Crippen LogP contribution >= 0.6 is 0 Å². The lowest BCUT2D eigenvalue weighted by molar-refractivity contribution is 0.168. The van der Waals surface area contributed by atoms with Gasteiger partial charge in [-0.3, -0.25) is 10.2 Å². The fourth-order valence-electron chi connectivity index (χ4n) is 2.62. The van der Waals surface area contributed by atoms with Crippen molar-refractivity contribution in [3.8, 4) is 0 Å². The number of fused-ring (bicyclic) bond motifs is 2. The minimum Gasteiger partial charge on any atom is -0.450 e. The Kier molecular flexibility index (Phi) is 4.20. The first-order valence-corrected chi connectivity index (χ1v) is 7.54. The van der Waals surface area contributed by atoms with E-state index in [4.69, 9.17) is 10.5 Å². The lowest BCUT2D eigenvalue weighted by Gasteiger charge is -2.23. The fourth-order valence-corrected chi connectivity index (χ4v) is 2.62. The molecule has 0 fully saturated rings. The van der Waals surface area contributed by atoms with E-state index in [0.717, 1.165) is 11.1 Å². The molecule has 24 heavy (non-hydrogen) atoms. The summed E-state index contributed by atoms with van der Waals surface area (Å²) in [5.74, 6) is 0. The van der Waals surface area contributed by atoms with Gasteiger partial charge in [-0.1, -0.05) is 36.4 Å². The van der Waals surface area contributed by atoms with E-state index in [1.165, 1.54) is 4.90 Å². The summed E-state index contributed by atoms with van der Waals surface area (Å²) < 4.78 is 4.88. The van der Waals surface area contributed by atoms with Crippen LogP contribution in [0.5, 0.6) is 0 Å². The molecule has 0 atom stereocenters. The van der Waals surface area contributed by atoms with E-state index >= 15 is 0 Å². The second kappa shape index (κ2) is 6.45. The summed E-state index contributed by atoms with van der Waals surface area (Å²) in [6, 6.07) is 12.1. The summed E-state index contributed by atoms with van der Waals surface area (Å²) in [6.45, 7) is 2.01. The van der Waals surface area contributed by atoms with Crippen LogP contribution in [0.25, 0.3) is 12.2 Å². The molecule has 3 rings (SSSR count). The zero-order valence-electron chi connectivity index (χ0n) is 13.2. The second-order valence-corrected chi connectivity index (χ2v) is 5.18. The van der Waals surface area contributed by atoms with Gasteiger partial charge in [0, 0.05) is 5.69 Å². The van der Waals surface area contributed by atoms with Gasteiger partial charge < -0.3 is 10.5 Å². The Labute approximate surface area is 139 Å². The summed E-state index contributed by atoms with van der Waals surface area (Å²) in [5, 5.41) is 2.63. The molecule has 6 heteroatoms. The molecular weight excluding hydrogens is 306 g/mol. The monoisotopic (exact) mass is 323 g/mol. The van der Waals surface area contributed by atoms with E-state index in [9.17, 15) is 9.59 Å². The van der Waals surface area contributed by atoms with E-state index in [2.05, 4.69) is 5.32 Å². The predicted molar refractivity (Wildman–Crippen MR) is 94.2 cm³/mol. The van der Waals surface area contributed by atoms with E-state index in [1.54, 1.807) is 19.1 Å². The minimum absolute atomic E-state index is 0.278. The molecule has 3 N–H and O–H groups in total. The van der Waals surface area contributed by atoms with Crippen LogP contribution in [0.15, 0.2) is 42.5 Å². The standard InChI is InChI=1S/C18H17N3O3/c1-2-24-18(23)20-14-10-9-13-8-7-12-5-3-4-6-15(12)21(17(19)22)16(13)11-14/h3-11H,2H2,1H3,(H2,19,22)(H,20,23). The molecule has 0 unspecified atom stereocenters. The average Bonchev–Trinajstić information content (AvgIpc) is 2.71. The van der Waals surface area contributed by atoms with Crippen molar-refractivity contribution in [3.05, 3.63) is 53.6 Å². The number of nitrogens with zero attached hydrogens (tertiary/aromatic N) is 1. The van der Waals surface area contributed by atoms with Gasteiger partial charge in [-0.15, -0.1) is 0 Å². The Balaban J connectivity index is 2.07. The van der Waals surface area contributed by atoms with Crippen molar-refractivity contribution in [2.75, 3.05) is 16.8 Å². The third-order valence-corrected chi connectivity index (χ3v) is 3.63. The molecule has 0 bridgehead atoms. The van der Waals surface area contributed by atoms with Crippen molar-refractivity contribution in [1.29, 1.82) is 0 Å². The third-order valence-electron chi connectivity index (χ3n) is 3.63. The van der Waals surface area contributed by atoms with Gasteiger partial charge in [0.25, 0.3) is 0 Å². The number of amides is 3. The van der Waals surface area contributed by atoms with Crippen LogP contribution in [0.1, 0.15) is 18.1 Å². The number of carbonyl (C=O) groups is 2. The second-order valence-electron chi connectivity index (χ2n) is 5.18. The zero-order valence-corrected chi connectivity index (χ0v) is 13.2. The number of urea groups is 1. The lowest BCUT2D eigenvalue weighted by Crippen LogP contribution is -2.32. The minimum atomic E-state index is -0.597. The molecule has 0 aromatic heterocycles. The first kappa shape index (κ1) is 15.6. The Morgan fingerprint density at radius 3 is 2.50 bits per heavy atom. The van der Waals surface area contributed by atoms with Gasteiger partial charge >= 0.3 is 12.1 Å². The molecular formula is C18H17N3O3. The van der Waals surface area contributed by atoms with Gasteiger partial charge in [-0.2, -0.15) is 0 Å². The molecule has 3 amide bonds. The Morgan fingerprint density at radius 1 is 1.08 bits per heavy atom. The van der Waals surface area contributed by atoms with Crippen LogP contribution in [0.2, 0.25) is 0 Å². The van der Waals surface area contributed by atoms with Crippen molar-refractivity contribution in [2.24, 2.45) is 5.73 Å². The molecule has 0 saturated heterocycles. The number of primary amides is 1. The molecule has 1 aliphatic rings. The van der Waals surface area contributed by atoms with Gasteiger partial charge in [-0.05, 0) is 36.2 Å². The number of ether oxygens (including phenoxy) is 1. The number of hydrogen-bond donors (Lipinski definition) is 2. The molecule has 6 nitrogen and oxygen atoms in total. The third kappa shape index (κ3) is 2.94. The topological polar surface area (TPSA) is 84.7 Å². The van der Waals surface area contributed by atoms with Gasteiger partial charge in [0.1, 0.15) is 0 Å². The van der Waals surface area contributed by atoms with Crippen LogP contribution in [0.3, 0.4) is 0 Å². The normalized spacial score (nSPS) is 12.0. The number of rotatable bonds is 2. The highest BCUT2D eigenvalue weighted by Crippen LogP contribution is 2.37. The molecule has 122 valence electrons. The van der Waals surface area contributed by atoms with E-state index in [-0.39, 0.29) is 6.61 Å². The summed E-state index contributed by atoms with van der Waals surface area (Å²) in [4.78, 5) is 25.1. The van der Waals surface area contributed by atoms with Crippen molar-refractivity contribution in [1.82, 2.24) is 0 Å². The van der Waals surface area contributed by atoms with Gasteiger partial charge in [0.2, 0.25) is 0 Å². The van der Waals surface area contributed by atoms with Gasteiger partial charge in [-0.25, -0.2) is 9.59 Å². The van der Waals surface area contributed by atoms with Crippen molar-refractivity contribution >= 4 is 41.3 Å². The van der Waals surface area contributed by atoms with Crippen molar-refractivity contribution in [3.63, 3.8) is 0 Å². The maximum atomic E-state index is 12.1. The summed E-state index contributed by atoms with van der Waals surface area (Å²) in [5.41, 5.74) is 9.12. The molecule has 0 saturated carbocycles. The molecule has 2 aromatic carbocycles. The summed E-state index contributed by atoms with van der Waals surface area (Å²) >= 11 is 0. The maximum absolute atomic E-state index is 12.1. The average molecular weight is 323 g/mol. The SMILES string of the molecule is CCOC(=O)Nc1ccc2c(c1)N(C(N)=O)c1ccccc1C=C2. The highest BCUT2D eigenvalue weighted by atomic mass is 16.5. The number of benzene rings is 2. The van der Waals surface area contributed by atoms with Crippen molar-refractivity contribution in [2.45, 2.75) is 6.92 Å². The highest BCUT2D eigenvalue weighted by molar-refractivity contribution is 6.05. The van der Waals surface area contributed by atoms with Crippen LogP contribution in [0, 0.1) is 0 Å². The van der Waals surface area contributed by atoms with E-state index in [0.29, 0.717) is 17.1 Å². The Hall–Kier alpha value is -3.28. The quantitative estimate of drug-likeness (QED) is 0.877. The molecule has 0 radical (unpaired) electrons. The number of hydrogen-bond acceptors (Lipinski definition) is 3. The molecule has 2 aromatic rings. The van der Waals surface area contributed by atoms with Crippen LogP contribution in [-0.4, -0.2) is 18.7 Å². The molecule has 1 heterocycles. The van der Waals surface area contributed by atoms with E-state index in [1.807, 2.05) is 42.5 Å². The summed E-state index contributed by atoms with van der Waals surface area (Å²) in [7, 11) is 0. The van der Waals surface area contributed by atoms with Crippen LogP contribution < -0.4 is 16.0 Å². The number of nitrogens with one attached hydrogen (secondary N) is 1. The highest BCUT2D eigenvalue weighted by Gasteiger charge is 2.22. The largest absolute Gasteiger partial charge is 0.450 e. The predicted octanol–water partition coefficient (Wildman–Crippen LogP) is 3.96. The first-order valence-electron chi connectivity index (χ1n) is 7.54. The Morgan fingerprint density at radius 2 is 1.79 bits per heavy atom. The van der Waals surface area contributed by atoms with E-state index < -0.39 is 12.1 Å². The smallest absolute Gasteiger partial charge is 0.411 e. The van der Waals surface area contributed by atoms with Crippen LogP contribution in [-0.2, 0) is 4.74 Å². The lowest BCUT2D eigenvalue weighted by atomic mass is 10.1. The number of nitrogens with two attached hydrogens (primary N) is 1. The first-order chi connectivity index (χ1) is 11.6. The number of carbonyl (C=O) groups excluding carboxylic acids is 2. The molecule has 1 aliphatic heterocycles. The van der Waals surface area contributed by atoms with Crippen LogP contribution in [0.4, 0.5) is 26.7 Å².